The maximum absolute atomic E-state index is 13.2. The van der Waals surface area contributed by atoms with Crippen LogP contribution in [0.5, 0.6) is 11.5 Å². The van der Waals surface area contributed by atoms with Gasteiger partial charge in [-0.25, -0.2) is 0 Å². The number of hydrogen-bond donors (Lipinski definition) is 1. The molecule has 0 fully saturated rings. The van der Waals surface area contributed by atoms with E-state index in [1.54, 1.807) is 31.4 Å². The minimum absolute atomic E-state index is 0.205. The molecule has 0 aliphatic rings. The van der Waals surface area contributed by atoms with Crippen molar-refractivity contribution in [3.8, 4) is 22.6 Å². The number of methoxy groups -OCH3 is 2. The van der Waals surface area contributed by atoms with Crippen LogP contribution in [0.15, 0.2) is 41.8 Å². The summed E-state index contributed by atoms with van der Waals surface area (Å²) >= 11 is 13.0. The van der Waals surface area contributed by atoms with Crippen LogP contribution < -0.4 is 20.3 Å². The lowest BCUT2D eigenvalue weighted by Crippen LogP contribution is -2.22. The maximum Gasteiger partial charge on any atom is 0.258 e. The fourth-order valence-electron chi connectivity index (χ4n) is 3.05. The second kappa shape index (κ2) is 8.77. The molecule has 0 spiro atoms. The molecule has 0 unspecified atom stereocenters. The fourth-order valence-corrected chi connectivity index (χ4v) is 3.76. The van der Waals surface area contributed by atoms with Crippen molar-refractivity contribution in [1.29, 1.82) is 0 Å². The zero-order valence-corrected chi connectivity index (χ0v) is 18.1. The minimum Gasteiger partial charge on any atom is -0.495 e. The van der Waals surface area contributed by atoms with Gasteiger partial charge >= 0.3 is 0 Å². The van der Waals surface area contributed by atoms with Crippen molar-refractivity contribution in [3.63, 3.8) is 0 Å². The van der Waals surface area contributed by atoms with Gasteiger partial charge in [-0.1, -0.05) is 29.8 Å². The first-order valence-corrected chi connectivity index (χ1v) is 9.57. The van der Waals surface area contributed by atoms with Crippen LogP contribution in [-0.2, 0) is 18.4 Å². The van der Waals surface area contributed by atoms with Crippen LogP contribution in [-0.4, -0.2) is 29.7 Å². The van der Waals surface area contributed by atoms with E-state index in [4.69, 9.17) is 32.7 Å². The summed E-state index contributed by atoms with van der Waals surface area (Å²) in [5.74, 6) is 0.361. The quantitative estimate of drug-likeness (QED) is 0.582. The molecule has 0 atom stereocenters. The lowest BCUT2D eigenvalue weighted by Gasteiger charge is -2.16. The molecule has 3 rings (SSSR count). The summed E-state index contributed by atoms with van der Waals surface area (Å²) in [5, 5.41) is 3.76. The molecule has 9 heteroatoms. The number of aryl methyl sites for hydroxylation is 1. The zero-order chi connectivity index (χ0) is 22.0. The molecular weight excluding hydrogens is 429 g/mol. The van der Waals surface area contributed by atoms with E-state index in [-0.39, 0.29) is 33.6 Å². The molecule has 2 aromatic heterocycles. The summed E-state index contributed by atoms with van der Waals surface area (Å²) < 4.78 is 12.1. The van der Waals surface area contributed by atoms with Crippen molar-refractivity contribution in [2.24, 2.45) is 7.05 Å². The highest BCUT2D eigenvalue weighted by Gasteiger charge is 2.22. The molecule has 2 heterocycles. The van der Waals surface area contributed by atoms with Gasteiger partial charge in [-0.3, -0.25) is 14.6 Å². The highest BCUT2D eigenvalue weighted by atomic mass is 35.5. The van der Waals surface area contributed by atoms with Crippen LogP contribution >= 0.6 is 23.2 Å². The SMILES string of the molecule is C=CC(=O)NCc1cc2c(cn1)cc(-c1c(Cl)c(OC)cc(OC)c1Cl)c(=O)n2C. The standard InChI is InChI=1S/C21H19Cl2N3O4/c1-5-17(27)25-10-12-7-14-11(9-24-12)6-13(21(28)26(14)2)18-19(22)15(29-3)8-16(30-4)20(18)23/h5-9H,1,10H2,2-4H3,(H,25,27). The van der Waals surface area contributed by atoms with E-state index in [1.165, 1.54) is 24.9 Å². The molecule has 0 radical (unpaired) electrons. The third-order valence-electron chi connectivity index (χ3n) is 4.64. The van der Waals surface area contributed by atoms with Crippen molar-refractivity contribution >= 4 is 40.0 Å². The van der Waals surface area contributed by atoms with Gasteiger partial charge in [-0.05, 0) is 18.2 Å². The largest absolute Gasteiger partial charge is 0.495 e. The first kappa shape index (κ1) is 21.7. The van der Waals surface area contributed by atoms with Gasteiger partial charge in [-0.2, -0.15) is 0 Å². The molecule has 1 aromatic carbocycles. The summed E-state index contributed by atoms with van der Waals surface area (Å²) in [6.45, 7) is 3.62. The molecular formula is C21H19Cl2N3O4. The Morgan fingerprint density at radius 1 is 1.20 bits per heavy atom. The summed E-state index contributed by atoms with van der Waals surface area (Å²) in [6.07, 6.45) is 2.80. The summed E-state index contributed by atoms with van der Waals surface area (Å²) in [5.41, 5.74) is 1.53. The van der Waals surface area contributed by atoms with E-state index >= 15 is 0 Å². The van der Waals surface area contributed by atoms with Gasteiger partial charge in [0.05, 0.1) is 47.6 Å². The van der Waals surface area contributed by atoms with Crippen molar-refractivity contribution < 1.29 is 14.3 Å². The van der Waals surface area contributed by atoms with Gasteiger partial charge < -0.3 is 19.4 Å². The van der Waals surface area contributed by atoms with Gasteiger partial charge in [0.15, 0.2) is 0 Å². The predicted octanol–water partition coefficient (Wildman–Crippen LogP) is 3.73. The Bertz CT molecular complexity index is 1190. The molecule has 0 saturated heterocycles. The summed E-state index contributed by atoms with van der Waals surface area (Å²) in [6, 6.07) is 4.97. The van der Waals surface area contributed by atoms with E-state index in [1.807, 2.05) is 0 Å². The van der Waals surface area contributed by atoms with E-state index in [0.29, 0.717) is 33.7 Å². The van der Waals surface area contributed by atoms with Crippen molar-refractivity contribution in [2.75, 3.05) is 14.2 Å². The van der Waals surface area contributed by atoms with Crippen molar-refractivity contribution in [1.82, 2.24) is 14.9 Å². The van der Waals surface area contributed by atoms with Gasteiger partial charge in [0, 0.05) is 30.3 Å². The molecule has 1 N–H and O–H groups in total. The van der Waals surface area contributed by atoms with Gasteiger partial charge in [0.25, 0.3) is 5.56 Å². The van der Waals surface area contributed by atoms with Crippen LogP contribution in [0.2, 0.25) is 10.0 Å². The van der Waals surface area contributed by atoms with E-state index in [0.717, 1.165) is 0 Å². The van der Waals surface area contributed by atoms with Crippen molar-refractivity contribution in [2.45, 2.75) is 6.54 Å². The monoisotopic (exact) mass is 447 g/mol. The number of hydrogen-bond acceptors (Lipinski definition) is 5. The van der Waals surface area contributed by atoms with Crippen LogP contribution in [0.3, 0.4) is 0 Å². The van der Waals surface area contributed by atoms with E-state index in [9.17, 15) is 9.59 Å². The van der Waals surface area contributed by atoms with Crippen LogP contribution in [0.25, 0.3) is 22.0 Å². The number of nitrogens with zero attached hydrogens (tertiary/aromatic N) is 2. The van der Waals surface area contributed by atoms with Gasteiger partial charge in [0.2, 0.25) is 5.91 Å². The molecule has 3 aromatic rings. The number of halogens is 2. The number of carbonyl (C=O) groups is 1. The third-order valence-corrected chi connectivity index (χ3v) is 5.39. The number of amides is 1. The average Bonchev–Trinajstić information content (AvgIpc) is 2.75. The highest BCUT2D eigenvalue weighted by molar-refractivity contribution is 6.41. The number of fused-ring (bicyclic) bond motifs is 1. The Hall–Kier alpha value is -3.03. The third kappa shape index (κ3) is 3.86. The molecule has 7 nitrogen and oxygen atoms in total. The number of aromatic nitrogens is 2. The Morgan fingerprint density at radius 2 is 1.83 bits per heavy atom. The topological polar surface area (TPSA) is 82.5 Å². The lowest BCUT2D eigenvalue weighted by molar-refractivity contribution is -0.116. The zero-order valence-electron chi connectivity index (χ0n) is 16.6. The van der Waals surface area contributed by atoms with Crippen LogP contribution in [0, 0.1) is 0 Å². The first-order valence-electron chi connectivity index (χ1n) is 8.81. The molecule has 0 aliphatic heterocycles. The van der Waals surface area contributed by atoms with Gasteiger partial charge in [-0.15, -0.1) is 0 Å². The Balaban J connectivity index is 2.20. The summed E-state index contributed by atoms with van der Waals surface area (Å²) in [4.78, 5) is 28.9. The first-order chi connectivity index (χ1) is 14.3. The molecule has 30 heavy (non-hydrogen) atoms. The molecule has 156 valence electrons. The lowest BCUT2D eigenvalue weighted by atomic mass is 10.0. The van der Waals surface area contributed by atoms with Crippen LogP contribution in [0.4, 0.5) is 0 Å². The predicted molar refractivity (Wildman–Crippen MR) is 118 cm³/mol. The smallest absolute Gasteiger partial charge is 0.258 e. The van der Waals surface area contributed by atoms with Gasteiger partial charge in [0.1, 0.15) is 11.5 Å². The van der Waals surface area contributed by atoms with E-state index in [2.05, 4.69) is 16.9 Å². The Morgan fingerprint density at radius 3 is 2.40 bits per heavy atom. The molecule has 0 aliphatic carbocycles. The van der Waals surface area contributed by atoms with Crippen LogP contribution in [0.1, 0.15) is 5.69 Å². The number of benzene rings is 1. The second-order valence-electron chi connectivity index (χ2n) is 6.36. The molecule has 1 amide bonds. The number of carbonyl (C=O) groups excluding carboxylic acids is 1. The minimum atomic E-state index is -0.311. The molecule has 0 bridgehead atoms. The summed E-state index contributed by atoms with van der Waals surface area (Å²) in [7, 11) is 4.57. The Kier molecular flexibility index (Phi) is 6.34. The number of nitrogens with one attached hydrogen (secondary N) is 1. The number of pyridine rings is 2. The van der Waals surface area contributed by atoms with Crippen molar-refractivity contribution in [3.05, 3.63) is 63.1 Å². The number of ether oxygens (including phenoxy) is 2. The maximum atomic E-state index is 13.2. The Labute approximate surface area is 182 Å². The number of rotatable bonds is 6. The second-order valence-corrected chi connectivity index (χ2v) is 7.12. The average molecular weight is 448 g/mol. The highest BCUT2D eigenvalue weighted by Crippen LogP contribution is 2.45. The van der Waals surface area contributed by atoms with E-state index < -0.39 is 0 Å². The normalized spacial score (nSPS) is 10.7. The molecule has 0 saturated carbocycles. The fraction of sp³-hybridized carbons (Fsp3) is 0.190.